The molecule has 2 N–H and O–H groups in total. The number of aliphatic hydroxyl groups is 1. The summed E-state index contributed by atoms with van der Waals surface area (Å²) in [5.41, 5.74) is 7.27. The van der Waals surface area contributed by atoms with Crippen LogP contribution in [0.5, 0.6) is 0 Å². The van der Waals surface area contributed by atoms with Gasteiger partial charge in [-0.2, -0.15) is 0 Å². The second-order valence-corrected chi connectivity index (χ2v) is 16.5. The van der Waals surface area contributed by atoms with Crippen molar-refractivity contribution in [3.63, 3.8) is 0 Å². The fourth-order valence-corrected chi connectivity index (χ4v) is 11.0. The Morgan fingerprint density at radius 2 is 1.74 bits per heavy atom. The fourth-order valence-electron chi connectivity index (χ4n) is 6.97. The van der Waals surface area contributed by atoms with Gasteiger partial charge in [0.1, 0.15) is 22.9 Å². The molecule has 4 atom stereocenters. The number of benzene rings is 2. The number of fused-ring (bicyclic) bond motifs is 2. The number of carbonyl (C=O) groups excluding carboxylic acids is 1. The van der Waals surface area contributed by atoms with E-state index < -0.39 is 28.9 Å². The molecule has 3 aliphatic rings. The topological polar surface area (TPSA) is 84.3 Å². The largest absolute Gasteiger partial charge is 0.480 e. The van der Waals surface area contributed by atoms with Crippen LogP contribution in [0.2, 0.25) is 0 Å². The number of rotatable bonds is 13. The zero-order valence-corrected chi connectivity index (χ0v) is 30.6. The van der Waals surface area contributed by atoms with Crippen LogP contribution in [0.3, 0.4) is 0 Å². The summed E-state index contributed by atoms with van der Waals surface area (Å²) >= 11 is 7.46. The maximum atomic E-state index is 13.6. The average molecular weight is 696 g/mol. The van der Waals surface area contributed by atoms with Gasteiger partial charge in [-0.1, -0.05) is 88.1 Å². The van der Waals surface area contributed by atoms with Gasteiger partial charge in [-0.15, -0.1) is 24.4 Å². The van der Waals surface area contributed by atoms with Crippen LogP contribution in [0.25, 0.3) is 6.08 Å². The van der Waals surface area contributed by atoms with Crippen LogP contribution in [0.1, 0.15) is 82.9 Å². The van der Waals surface area contributed by atoms with E-state index in [4.69, 9.17) is 0 Å². The fraction of sp³-hybridized carbons (Fsp3) is 0.514. The van der Waals surface area contributed by atoms with E-state index in [0.29, 0.717) is 11.4 Å². The van der Waals surface area contributed by atoms with Crippen LogP contribution < -0.4 is 4.90 Å². The highest BCUT2D eigenvalue weighted by atomic mass is 32.2. The molecule has 2 fully saturated rings. The summed E-state index contributed by atoms with van der Waals surface area (Å²) in [5.74, 6) is -1.40. The van der Waals surface area contributed by atoms with E-state index in [9.17, 15) is 19.8 Å². The van der Waals surface area contributed by atoms with E-state index in [-0.39, 0.29) is 10.6 Å². The maximum Gasteiger partial charge on any atom is 0.323 e. The molecule has 0 radical (unpaired) electrons. The van der Waals surface area contributed by atoms with Gasteiger partial charge in [0.15, 0.2) is 0 Å². The van der Waals surface area contributed by atoms with Crippen molar-refractivity contribution >= 4 is 65.5 Å². The van der Waals surface area contributed by atoms with Gasteiger partial charge in [-0.25, -0.2) is 0 Å². The summed E-state index contributed by atoms with van der Waals surface area (Å²) in [6.07, 6.45) is 12.6. The van der Waals surface area contributed by atoms with E-state index >= 15 is 0 Å². The van der Waals surface area contributed by atoms with Crippen LogP contribution in [0, 0.1) is 0 Å². The number of para-hydroxylation sites is 1. The minimum absolute atomic E-state index is 0.250. The minimum Gasteiger partial charge on any atom is -0.480 e. The molecule has 10 heteroatoms. The van der Waals surface area contributed by atoms with Crippen LogP contribution in [-0.2, 0) is 22.4 Å². The summed E-state index contributed by atoms with van der Waals surface area (Å²) in [7, 11) is 0. The molecule has 47 heavy (non-hydrogen) atoms. The third-order valence-electron chi connectivity index (χ3n) is 9.45. The molecular formula is C37H49N3O4S3. The first-order valence-corrected chi connectivity index (χ1v) is 19.2. The number of thiol groups is 1. The number of aryl methyl sites for hydroxylation is 2. The summed E-state index contributed by atoms with van der Waals surface area (Å²) in [4.78, 5) is 31.7. The third kappa shape index (κ3) is 7.93. The van der Waals surface area contributed by atoms with Crippen molar-refractivity contribution in [1.29, 1.82) is 0 Å². The van der Waals surface area contributed by atoms with Crippen LogP contribution in [-0.4, -0.2) is 72.6 Å². The Kier molecular flexibility index (Phi) is 12.1. The highest BCUT2D eigenvalue weighted by Gasteiger charge is 2.58. The monoisotopic (exact) mass is 695 g/mol. The van der Waals surface area contributed by atoms with Crippen molar-refractivity contribution in [3.8, 4) is 0 Å². The predicted octanol–water partition coefficient (Wildman–Crippen LogP) is 7.92. The lowest BCUT2D eigenvalue weighted by Gasteiger charge is -2.37. The quantitative estimate of drug-likeness (QED) is 0.111. The van der Waals surface area contributed by atoms with E-state index in [1.807, 2.05) is 31.7 Å². The van der Waals surface area contributed by atoms with Gasteiger partial charge < -0.3 is 20.0 Å². The molecule has 4 unspecified atom stereocenters. The molecule has 1 amide bonds. The maximum absolute atomic E-state index is 13.6. The number of amides is 1. The second-order valence-electron chi connectivity index (χ2n) is 13.0. The van der Waals surface area contributed by atoms with Crippen molar-refractivity contribution < 1.29 is 19.8 Å². The Morgan fingerprint density at radius 1 is 1.04 bits per heavy atom. The van der Waals surface area contributed by atoms with Crippen LogP contribution in [0.4, 0.5) is 11.4 Å². The van der Waals surface area contributed by atoms with Gasteiger partial charge >= 0.3 is 5.97 Å². The molecule has 7 nitrogen and oxygen atoms in total. The summed E-state index contributed by atoms with van der Waals surface area (Å²) < 4.78 is -1.07. The Balaban J connectivity index is 1.38. The number of aliphatic hydroxyl groups excluding tert-OH is 1. The molecule has 2 aromatic carbocycles. The van der Waals surface area contributed by atoms with E-state index in [1.54, 1.807) is 0 Å². The van der Waals surface area contributed by atoms with Crippen molar-refractivity contribution in [3.05, 3.63) is 75.7 Å². The van der Waals surface area contributed by atoms with Gasteiger partial charge in [0.05, 0.1) is 9.65 Å². The number of hydrogen-bond donors (Lipinski definition) is 3. The Bertz CT molecular complexity index is 1510. The molecule has 0 aromatic heterocycles. The van der Waals surface area contributed by atoms with E-state index in [0.717, 1.165) is 36.9 Å². The second kappa shape index (κ2) is 15.9. The number of unbranched alkanes of at least 4 members (excludes halogenated alkanes) is 5. The molecule has 2 saturated heterocycles. The number of hydrogen-bond acceptors (Lipinski definition) is 8. The summed E-state index contributed by atoms with van der Waals surface area (Å²) in [6.45, 7) is 9.25. The zero-order chi connectivity index (χ0) is 33.7. The number of aliphatic carboxylic acids is 1. The van der Waals surface area contributed by atoms with Crippen molar-refractivity contribution in [2.24, 2.45) is 0 Å². The molecule has 3 aliphatic heterocycles. The number of allylic oxidation sites excluding steroid dienone is 2. The van der Waals surface area contributed by atoms with Gasteiger partial charge in [-0.05, 0) is 86.2 Å². The molecule has 0 saturated carbocycles. The SMILES string of the molecule is CCCCCCCCN1c2ccccc2CCc2cc(/C=C(C)/C=C3/SC(C4(C)SC(S)N(CC)C4O)N(CC(=O)O)C3=O)ccc21. The van der Waals surface area contributed by atoms with Crippen molar-refractivity contribution in [1.82, 2.24) is 9.80 Å². The third-order valence-corrected chi connectivity index (χ3v) is 13.2. The number of carbonyl (C=O) groups is 2. The highest BCUT2D eigenvalue weighted by molar-refractivity contribution is 8.13. The molecular weight excluding hydrogens is 647 g/mol. The molecule has 0 spiro atoms. The van der Waals surface area contributed by atoms with E-state index in [1.165, 1.54) is 83.0 Å². The zero-order valence-electron chi connectivity index (χ0n) is 28.0. The first-order chi connectivity index (χ1) is 22.6. The van der Waals surface area contributed by atoms with Crippen molar-refractivity contribution in [2.75, 3.05) is 24.5 Å². The molecule has 3 heterocycles. The summed E-state index contributed by atoms with van der Waals surface area (Å²) in [5, 5.41) is 20.4. The highest BCUT2D eigenvalue weighted by Crippen LogP contribution is 2.54. The van der Waals surface area contributed by atoms with Gasteiger partial charge in [0, 0.05) is 17.9 Å². The Labute approximate surface area is 294 Å². The molecule has 0 bridgehead atoms. The smallest absolute Gasteiger partial charge is 0.323 e. The number of carboxylic acid groups (broad SMARTS) is 1. The Hall–Kier alpha value is -2.37. The minimum atomic E-state index is -1.08. The standard InChI is InChI=1S/C37H49N3O4S3/c1-5-7-8-9-10-13-20-39-29-15-12-11-14-27(29)17-18-28-23-26(16-19-30(28)39)21-25(3)22-31-33(43)40(24-32(41)42)35(46-31)37(4)34(44)38(6-2)36(45)47-37/h11-12,14-16,19,21-23,34-36,44-45H,5-10,13,17-18,20,24H2,1-4H3,(H,41,42)/b25-21+,31-22+. The lowest BCUT2D eigenvalue weighted by molar-refractivity contribution is -0.143. The number of thioether (sulfide) groups is 2. The van der Waals surface area contributed by atoms with Gasteiger partial charge in [0.25, 0.3) is 5.91 Å². The van der Waals surface area contributed by atoms with Crippen molar-refractivity contribution in [2.45, 2.75) is 100 Å². The first-order valence-electron chi connectivity index (χ1n) is 16.9. The van der Waals surface area contributed by atoms with Crippen LogP contribution in [0.15, 0.2) is 59.0 Å². The molecule has 254 valence electrons. The average Bonchev–Trinajstić information content (AvgIpc) is 3.39. The normalized spacial score (nSPS) is 25.7. The predicted molar refractivity (Wildman–Crippen MR) is 200 cm³/mol. The molecule has 0 aliphatic carbocycles. The molecule has 5 rings (SSSR count). The lowest BCUT2D eigenvalue weighted by Crippen LogP contribution is -2.54. The van der Waals surface area contributed by atoms with Gasteiger partial charge in [0.2, 0.25) is 0 Å². The van der Waals surface area contributed by atoms with Crippen LogP contribution >= 0.6 is 36.2 Å². The number of nitrogens with zero attached hydrogens (tertiary/aromatic N) is 3. The summed E-state index contributed by atoms with van der Waals surface area (Å²) in [6, 6.07) is 15.5. The number of anilines is 2. The number of carboxylic acids is 1. The molecule has 2 aromatic rings. The van der Waals surface area contributed by atoms with E-state index in [2.05, 4.69) is 73.0 Å². The lowest BCUT2D eigenvalue weighted by atomic mass is 10.0. The first kappa shape index (κ1) is 35.9. The van der Waals surface area contributed by atoms with Gasteiger partial charge in [-0.3, -0.25) is 14.5 Å². The Morgan fingerprint density at radius 3 is 2.47 bits per heavy atom.